The van der Waals surface area contributed by atoms with E-state index in [0.717, 1.165) is 5.69 Å². The Morgan fingerprint density at radius 2 is 2.05 bits per heavy atom. The summed E-state index contributed by atoms with van der Waals surface area (Å²) in [5.41, 5.74) is 1.31. The van der Waals surface area contributed by atoms with Crippen molar-refractivity contribution in [2.24, 2.45) is 5.14 Å². The van der Waals surface area contributed by atoms with Crippen molar-refractivity contribution in [1.29, 1.82) is 0 Å². The number of nitrogens with zero attached hydrogens (tertiary/aromatic N) is 1. The highest BCUT2D eigenvalue weighted by atomic mass is 32.2. The molecule has 0 unspecified atom stereocenters. The largest absolute Gasteiger partial charge is 0.373 e. The number of sulfonamides is 1. The molecular formula is C13H22N4O3S. The second-order valence-corrected chi connectivity index (χ2v) is 6.78. The second kappa shape index (κ2) is 7.37. The molecule has 0 aliphatic carbocycles. The molecule has 0 aliphatic rings. The summed E-state index contributed by atoms with van der Waals surface area (Å²) in [5, 5.41) is 10.5. The summed E-state index contributed by atoms with van der Waals surface area (Å²) in [4.78, 5) is 16.4. The first-order valence-corrected chi connectivity index (χ1v) is 8.43. The van der Waals surface area contributed by atoms with Crippen molar-refractivity contribution in [3.8, 4) is 0 Å². The maximum Gasteiger partial charge on any atom is 0.251 e. The highest BCUT2D eigenvalue weighted by Crippen LogP contribution is 2.17. The summed E-state index contributed by atoms with van der Waals surface area (Å²) in [6, 6.07) is 3.39. The highest BCUT2D eigenvalue weighted by molar-refractivity contribution is 7.89. The zero-order valence-corrected chi connectivity index (χ0v) is 13.3. The zero-order valence-electron chi connectivity index (χ0n) is 12.5. The Morgan fingerprint density at radius 1 is 1.38 bits per heavy atom. The van der Waals surface area contributed by atoms with E-state index in [9.17, 15) is 13.2 Å². The molecule has 0 fully saturated rings. The van der Waals surface area contributed by atoms with Crippen LogP contribution in [-0.4, -0.2) is 38.7 Å². The third kappa shape index (κ3) is 6.09. The Hall–Kier alpha value is -1.67. The van der Waals surface area contributed by atoms with Crippen LogP contribution in [0.1, 0.15) is 42.2 Å². The lowest BCUT2D eigenvalue weighted by molar-refractivity contribution is 0.0953. The number of hydrogen-bond donors (Lipinski definition) is 3. The number of nitrogens with one attached hydrogen (secondary N) is 2. The van der Waals surface area contributed by atoms with Crippen molar-refractivity contribution in [2.45, 2.75) is 26.2 Å². The van der Waals surface area contributed by atoms with Crippen LogP contribution in [0.4, 0.5) is 5.82 Å². The molecule has 21 heavy (non-hydrogen) atoms. The normalized spacial score (nSPS) is 11.5. The van der Waals surface area contributed by atoms with Crippen molar-refractivity contribution >= 4 is 21.7 Å². The molecule has 1 aromatic heterocycles. The number of primary sulfonamides is 1. The molecule has 8 heteroatoms. The highest BCUT2D eigenvalue weighted by Gasteiger charge is 2.11. The van der Waals surface area contributed by atoms with Gasteiger partial charge in [-0.25, -0.2) is 18.5 Å². The molecule has 0 atom stereocenters. The van der Waals surface area contributed by atoms with Gasteiger partial charge in [-0.15, -0.1) is 0 Å². The Morgan fingerprint density at radius 3 is 2.57 bits per heavy atom. The lowest BCUT2D eigenvalue weighted by Crippen LogP contribution is -2.27. The molecule has 0 radical (unpaired) electrons. The number of carbonyl (C=O) groups excluding carboxylic acids is 1. The average Bonchev–Trinajstić information content (AvgIpc) is 2.41. The van der Waals surface area contributed by atoms with E-state index in [1.165, 1.54) is 0 Å². The molecule has 118 valence electrons. The van der Waals surface area contributed by atoms with Crippen molar-refractivity contribution in [2.75, 3.05) is 24.7 Å². The third-order valence-corrected chi connectivity index (χ3v) is 3.70. The minimum atomic E-state index is -3.49. The summed E-state index contributed by atoms with van der Waals surface area (Å²) < 4.78 is 21.6. The number of anilines is 1. The quantitative estimate of drug-likeness (QED) is 0.640. The number of amides is 1. The standard InChI is InChI=1S/C13H22N4O3S/c1-9(2)11-7-10(8-12(15-3)17-11)13(18)16-5-4-6-21(14,19)20/h7-9H,4-6H2,1-3H3,(H,15,17)(H,16,18)(H2,14,19,20). The minimum Gasteiger partial charge on any atom is -0.373 e. The summed E-state index contributed by atoms with van der Waals surface area (Å²) in [6.45, 7) is 4.24. The molecular weight excluding hydrogens is 292 g/mol. The van der Waals surface area contributed by atoms with Crippen molar-refractivity contribution < 1.29 is 13.2 Å². The fourth-order valence-electron chi connectivity index (χ4n) is 1.68. The van der Waals surface area contributed by atoms with Gasteiger partial charge in [0, 0.05) is 24.8 Å². The van der Waals surface area contributed by atoms with E-state index in [-0.39, 0.29) is 30.5 Å². The summed E-state index contributed by atoms with van der Waals surface area (Å²) in [6.07, 6.45) is 0.283. The van der Waals surface area contributed by atoms with Crippen LogP contribution in [-0.2, 0) is 10.0 Å². The monoisotopic (exact) mass is 314 g/mol. The van der Waals surface area contributed by atoms with Gasteiger partial charge in [0.1, 0.15) is 5.82 Å². The lowest BCUT2D eigenvalue weighted by atomic mass is 10.1. The van der Waals surface area contributed by atoms with Crippen LogP contribution < -0.4 is 15.8 Å². The Balaban J connectivity index is 2.71. The van der Waals surface area contributed by atoms with Gasteiger partial charge >= 0.3 is 0 Å². The summed E-state index contributed by atoms with van der Waals surface area (Å²) >= 11 is 0. The van der Waals surface area contributed by atoms with Crippen molar-refractivity contribution in [1.82, 2.24) is 10.3 Å². The molecule has 1 heterocycles. The zero-order chi connectivity index (χ0) is 16.0. The first-order chi connectivity index (χ1) is 9.73. The molecule has 0 bridgehead atoms. The van der Waals surface area contributed by atoms with E-state index in [1.807, 2.05) is 13.8 Å². The molecule has 0 spiro atoms. The van der Waals surface area contributed by atoms with Crippen LogP contribution >= 0.6 is 0 Å². The molecule has 0 saturated carbocycles. The van der Waals surface area contributed by atoms with Gasteiger partial charge in [0.2, 0.25) is 10.0 Å². The molecule has 1 rings (SSSR count). The molecule has 1 aromatic rings. The number of pyridine rings is 1. The van der Waals surface area contributed by atoms with Crippen LogP contribution in [0.2, 0.25) is 0 Å². The second-order valence-electron chi connectivity index (χ2n) is 5.05. The van der Waals surface area contributed by atoms with Crippen molar-refractivity contribution in [3.63, 3.8) is 0 Å². The van der Waals surface area contributed by atoms with E-state index in [2.05, 4.69) is 15.6 Å². The first kappa shape index (κ1) is 17.4. The first-order valence-electron chi connectivity index (χ1n) is 6.71. The van der Waals surface area contributed by atoms with Gasteiger partial charge in [-0.2, -0.15) is 0 Å². The predicted molar refractivity (Wildman–Crippen MR) is 82.8 cm³/mol. The SMILES string of the molecule is CNc1cc(C(=O)NCCCS(N)(=O)=O)cc(C(C)C)n1. The van der Waals surface area contributed by atoms with Crippen LogP contribution in [0, 0.1) is 0 Å². The summed E-state index contributed by atoms with van der Waals surface area (Å²) in [7, 11) is -1.75. The lowest BCUT2D eigenvalue weighted by Gasteiger charge is -2.11. The Bertz CT molecular complexity index is 599. The molecule has 0 saturated heterocycles. The molecule has 4 N–H and O–H groups in total. The Labute approximate surface area is 125 Å². The molecule has 1 amide bonds. The van der Waals surface area contributed by atoms with Crippen molar-refractivity contribution in [3.05, 3.63) is 23.4 Å². The fraction of sp³-hybridized carbons (Fsp3) is 0.538. The van der Waals surface area contributed by atoms with E-state index in [0.29, 0.717) is 11.4 Å². The van der Waals surface area contributed by atoms with E-state index < -0.39 is 10.0 Å². The van der Waals surface area contributed by atoms with Gasteiger partial charge in [-0.05, 0) is 24.5 Å². The number of hydrogen-bond acceptors (Lipinski definition) is 5. The minimum absolute atomic E-state index is 0.150. The maximum atomic E-state index is 12.1. The van der Waals surface area contributed by atoms with E-state index in [4.69, 9.17) is 5.14 Å². The average molecular weight is 314 g/mol. The van der Waals surface area contributed by atoms with Gasteiger partial charge in [0.15, 0.2) is 0 Å². The molecule has 7 nitrogen and oxygen atoms in total. The topological polar surface area (TPSA) is 114 Å². The number of rotatable bonds is 7. The van der Waals surface area contributed by atoms with Crippen LogP contribution in [0.3, 0.4) is 0 Å². The molecule has 0 aliphatic heterocycles. The third-order valence-electron chi connectivity index (χ3n) is 2.85. The van der Waals surface area contributed by atoms with E-state index in [1.54, 1.807) is 19.2 Å². The summed E-state index contributed by atoms with van der Waals surface area (Å²) in [5.74, 6) is 0.413. The number of aromatic nitrogens is 1. The molecule has 0 aromatic carbocycles. The predicted octanol–water partition coefficient (Wildman–Crippen LogP) is 0.655. The maximum absolute atomic E-state index is 12.1. The fourth-order valence-corrected chi connectivity index (χ4v) is 2.23. The van der Waals surface area contributed by atoms with E-state index >= 15 is 0 Å². The smallest absolute Gasteiger partial charge is 0.251 e. The Kier molecular flexibility index (Phi) is 6.10. The van der Waals surface area contributed by atoms with Crippen LogP contribution in [0.5, 0.6) is 0 Å². The van der Waals surface area contributed by atoms with Gasteiger partial charge in [-0.3, -0.25) is 4.79 Å². The van der Waals surface area contributed by atoms with Gasteiger partial charge in [0.05, 0.1) is 5.75 Å². The number of nitrogens with two attached hydrogens (primary N) is 1. The van der Waals surface area contributed by atoms with Crippen LogP contribution in [0.15, 0.2) is 12.1 Å². The van der Waals surface area contributed by atoms with Gasteiger partial charge in [0.25, 0.3) is 5.91 Å². The van der Waals surface area contributed by atoms with Gasteiger partial charge < -0.3 is 10.6 Å². The van der Waals surface area contributed by atoms with Gasteiger partial charge in [-0.1, -0.05) is 13.8 Å². The van der Waals surface area contributed by atoms with Crippen LogP contribution in [0.25, 0.3) is 0 Å². The number of carbonyl (C=O) groups is 1.